The van der Waals surface area contributed by atoms with E-state index >= 15 is 0 Å². The zero-order chi connectivity index (χ0) is 20.4. The number of amides is 1. The van der Waals surface area contributed by atoms with E-state index < -0.39 is 0 Å². The van der Waals surface area contributed by atoms with Gasteiger partial charge in [0.1, 0.15) is 5.78 Å². The van der Waals surface area contributed by atoms with E-state index in [1.165, 1.54) is 0 Å². The number of piperazine rings is 1. The molecule has 2 aliphatic carbocycles. The molecule has 6 nitrogen and oxygen atoms in total. The van der Waals surface area contributed by atoms with Crippen molar-refractivity contribution in [1.82, 2.24) is 4.90 Å². The zero-order valence-electron chi connectivity index (χ0n) is 16.5. The molecule has 4 rings (SSSR count). The zero-order valence-corrected chi connectivity index (χ0v) is 17.3. The van der Waals surface area contributed by atoms with Gasteiger partial charge in [-0.05, 0) is 43.9 Å². The number of ketones is 1. The molecule has 3 aliphatic rings. The van der Waals surface area contributed by atoms with E-state index in [1.807, 2.05) is 24.3 Å². The molecule has 156 valence electrons. The van der Waals surface area contributed by atoms with E-state index in [9.17, 15) is 14.4 Å². The number of halogens is 1. The molecule has 0 unspecified atom stereocenters. The quantitative estimate of drug-likeness (QED) is 0.703. The standard InChI is InChI=1S/C22H27ClN2O4/c23-18-5-2-6-19(13-18)24-7-9-25(10-8-24)20(26)14-29-22(28)17-11-15-3-1-4-16(12-17)21(15)27/h2,5-6,13,15-17H,1,3-4,7-12,14H2/t15-,16-/m0/s1. The fourth-order valence-electron chi connectivity index (χ4n) is 4.90. The smallest absolute Gasteiger partial charge is 0.309 e. The molecule has 1 amide bonds. The molecule has 1 aromatic carbocycles. The Balaban J connectivity index is 1.23. The van der Waals surface area contributed by atoms with Crippen LogP contribution in [0, 0.1) is 17.8 Å². The molecule has 0 aromatic heterocycles. The number of nitrogens with zero attached hydrogens (tertiary/aromatic N) is 2. The maximum absolute atomic E-state index is 12.5. The van der Waals surface area contributed by atoms with Gasteiger partial charge in [-0.1, -0.05) is 24.1 Å². The molecule has 0 N–H and O–H groups in total. The SMILES string of the molecule is O=C(OCC(=O)N1CCN(c2cccc(Cl)c2)CC1)C1C[C@@H]2CCC[C@@H](C1)C2=O. The summed E-state index contributed by atoms with van der Waals surface area (Å²) in [6.07, 6.45) is 4.01. The van der Waals surface area contributed by atoms with Gasteiger partial charge >= 0.3 is 5.97 Å². The molecule has 1 aromatic rings. The summed E-state index contributed by atoms with van der Waals surface area (Å²) in [6, 6.07) is 7.69. The number of benzene rings is 1. The summed E-state index contributed by atoms with van der Waals surface area (Å²) in [4.78, 5) is 41.1. The van der Waals surface area contributed by atoms with Crippen molar-refractivity contribution < 1.29 is 19.1 Å². The van der Waals surface area contributed by atoms with E-state index in [-0.39, 0.29) is 36.2 Å². The minimum Gasteiger partial charge on any atom is -0.455 e. The summed E-state index contributed by atoms with van der Waals surface area (Å²) in [5.41, 5.74) is 1.05. The Labute approximate surface area is 176 Å². The lowest BCUT2D eigenvalue weighted by Crippen LogP contribution is -2.50. The minimum atomic E-state index is -0.319. The summed E-state index contributed by atoms with van der Waals surface area (Å²) in [6.45, 7) is 2.40. The Morgan fingerprint density at radius 1 is 1.07 bits per heavy atom. The predicted molar refractivity (Wildman–Crippen MR) is 110 cm³/mol. The molecule has 29 heavy (non-hydrogen) atoms. The van der Waals surface area contributed by atoms with Crippen LogP contribution in [-0.4, -0.2) is 55.3 Å². The molecule has 2 bridgehead atoms. The van der Waals surface area contributed by atoms with Crippen LogP contribution in [0.3, 0.4) is 0 Å². The molecule has 0 radical (unpaired) electrons. The van der Waals surface area contributed by atoms with Crippen molar-refractivity contribution in [2.24, 2.45) is 17.8 Å². The molecule has 7 heteroatoms. The van der Waals surface area contributed by atoms with Crippen LogP contribution in [0.15, 0.2) is 24.3 Å². The maximum Gasteiger partial charge on any atom is 0.309 e. The highest BCUT2D eigenvalue weighted by atomic mass is 35.5. The topological polar surface area (TPSA) is 66.9 Å². The molecule has 0 spiro atoms. The van der Waals surface area contributed by atoms with Crippen molar-refractivity contribution in [3.05, 3.63) is 29.3 Å². The van der Waals surface area contributed by atoms with Crippen LogP contribution in [0.4, 0.5) is 5.69 Å². The van der Waals surface area contributed by atoms with E-state index in [2.05, 4.69) is 4.90 Å². The first-order chi connectivity index (χ1) is 14.0. The summed E-state index contributed by atoms with van der Waals surface area (Å²) >= 11 is 6.06. The molecule has 3 fully saturated rings. The van der Waals surface area contributed by atoms with Gasteiger partial charge < -0.3 is 14.5 Å². The number of hydrogen-bond donors (Lipinski definition) is 0. The molecule has 1 heterocycles. The third-order valence-electron chi connectivity index (χ3n) is 6.52. The Hall–Kier alpha value is -2.08. The highest BCUT2D eigenvalue weighted by Crippen LogP contribution is 2.40. The number of carbonyl (C=O) groups is 3. The van der Waals surface area contributed by atoms with Crippen LogP contribution in [0.25, 0.3) is 0 Å². The van der Waals surface area contributed by atoms with Gasteiger partial charge in [-0.25, -0.2) is 0 Å². The fourth-order valence-corrected chi connectivity index (χ4v) is 5.09. The first-order valence-electron chi connectivity index (χ1n) is 10.5. The predicted octanol–water partition coefficient (Wildman–Crippen LogP) is 2.93. The normalized spacial score (nSPS) is 26.9. The molecule has 1 saturated heterocycles. The Bertz CT molecular complexity index is 775. The van der Waals surface area contributed by atoms with Gasteiger partial charge in [-0.3, -0.25) is 14.4 Å². The molecule has 1 aliphatic heterocycles. The second-order valence-electron chi connectivity index (χ2n) is 8.35. The molecular formula is C22H27ClN2O4. The van der Waals surface area contributed by atoms with E-state index in [0.29, 0.717) is 49.8 Å². The van der Waals surface area contributed by atoms with E-state index in [1.54, 1.807) is 4.90 Å². The summed E-state index contributed by atoms with van der Waals surface area (Å²) < 4.78 is 5.35. The van der Waals surface area contributed by atoms with Crippen LogP contribution < -0.4 is 4.90 Å². The summed E-state index contributed by atoms with van der Waals surface area (Å²) in [5.74, 6) is -0.369. The minimum absolute atomic E-state index is 0.00955. The first-order valence-corrected chi connectivity index (χ1v) is 10.9. The maximum atomic E-state index is 12.5. The van der Waals surface area contributed by atoms with E-state index in [0.717, 1.165) is 24.9 Å². The van der Waals surface area contributed by atoms with Crippen molar-refractivity contribution >= 4 is 34.9 Å². The molecule has 2 saturated carbocycles. The van der Waals surface area contributed by atoms with Crippen LogP contribution in [0.2, 0.25) is 5.02 Å². The molecule has 2 atom stereocenters. The van der Waals surface area contributed by atoms with Gasteiger partial charge in [0.2, 0.25) is 0 Å². The van der Waals surface area contributed by atoms with Crippen molar-refractivity contribution in [3.8, 4) is 0 Å². The number of fused-ring (bicyclic) bond motifs is 2. The summed E-state index contributed by atoms with van der Waals surface area (Å²) in [5, 5.41) is 0.696. The van der Waals surface area contributed by atoms with Crippen molar-refractivity contribution in [3.63, 3.8) is 0 Å². The van der Waals surface area contributed by atoms with Crippen molar-refractivity contribution in [2.45, 2.75) is 32.1 Å². The number of Topliss-reactive ketones (excluding diaryl/α,β-unsaturated/α-hetero) is 1. The average Bonchev–Trinajstić information content (AvgIpc) is 2.71. The third kappa shape index (κ3) is 4.58. The Kier molecular flexibility index (Phi) is 6.09. The number of rotatable bonds is 4. The number of esters is 1. The van der Waals surface area contributed by atoms with Gasteiger partial charge in [0.25, 0.3) is 5.91 Å². The second kappa shape index (κ2) is 8.74. The number of hydrogen-bond acceptors (Lipinski definition) is 5. The Morgan fingerprint density at radius 2 is 1.76 bits per heavy atom. The van der Waals surface area contributed by atoms with Gasteiger partial charge in [0.15, 0.2) is 6.61 Å². The van der Waals surface area contributed by atoms with Gasteiger partial charge in [-0.15, -0.1) is 0 Å². The average molecular weight is 419 g/mol. The van der Waals surface area contributed by atoms with E-state index in [4.69, 9.17) is 16.3 Å². The van der Waals surface area contributed by atoms with Gasteiger partial charge in [-0.2, -0.15) is 0 Å². The van der Waals surface area contributed by atoms with Crippen molar-refractivity contribution in [2.75, 3.05) is 37.7 Å². The van der Waals surface area contributed by atoms with Crippen LogP contribution in [-0.2, 0) is 19.1 Å². The first kappa shape index (κ1) is 20.2. The van der Waals surface area contributed by atoms with Gasteiger partial charge in [0, 0.05) is 48.7 Å². The second-order valence-corrected chi connectivity index (χ2v) is 8.79. The van der Waals surface area contributed by atoms with Crippen molar-refractivity contribution in [1.29, 1.82) is 0 Å². The lowest BCUT2D eigenvalue weighted by atomic mass is 9.67. The third-order valence-corrected chi connectivity index (χ3v) is 6.76. The molecular weight excluding hydrogens is 392 g/mol. The monoisotopic (exact) mass is 418 g/mol. The van der Waals surface area contributed by atoms with Crippen LogP contribution >= 0.6 is 11.6 Å². The van der Waals surface area contributed by atoms with Gasteiger partial charge in [0.05, 0.1) is 5.92 Å². The highest BCUT2D eigenvalue weighted by molar-refractivity contribution is 6.30. The Morgan fingerprint density at radius 3 is 2.41 bits per heavy atom. The number of carbonyl (C=O) groups excluding carboxylic acids is 3. The highest BCUT2D eigenvalue weighted by Gasteiger charge is 2.42. The van der Waals surface area contributed by atoms with Crippen LogP contribution in [0.1, 0.15) is 32.1 Å². The fraction of sp³-hybridized carbons (Fsp3) is 0.591. The number of ether oxygens (including phenoxy) is 1. The largest absolute Gasteiger partial charge is 0.455 e. The van der Waals surface area contributed by atoms with Crippen LogP contribution in [0.5, 0.6) is 0 Å². The number of anilines is 1. The lowest BCUT2D eigenvalue weighted by molar-refractivity contribution is -0.159. The lowest BCUT2D eigenvalue weighted by Gasteiger charge is -2.37. The summed E-state index contributed by atoms with van der Waals surface area (Å²) in [7, 11) is 0.